The van der Waals surface area contributed by atoms with Crippen LogP contribution in [0.15, 0.2) is 5.51 Å². The van der Waals surface area contributed by atoms with Crippen molar-refractivity contribution in [1.82, 2.24) is 10.3 Å². The fourth-order valence-corrected chi connectivity index (χ4v) is 3.33. The second-order valence-corrected chi connectivity index (χ2v) is 6.28. The van der Waals surface area contributed by atoms with Crippen LogP contribution < -0.4 is 5.32 Å². The number of nitrogens with zero attached hydrogens (tertiary/aromatic N) is 1. The molecule has 1 N–H and O–H groups in total. The Bertz CT molecular complexity index is 358. The number of rotatable bonds is 7. The van der Waals surface area contributed by atoms with Crippen molar-refractivity contribution in [3.05, 3.63) is 16.1 Å². The van der Waals surface area contributed by atoms with E-state index >= 15 is 0 Å². The van der Waals surface area contributed by atoms with Gasteiger partial charge >= 0.3 is 0 Å². The first-order valence-electron chi connectivity index (χ1n) is 6.93. The molecule has 0 amide bonds. The number of hydrogen-bond acceptors (Lipinski definition) is 4. The van der Waals surface area contributed by atoms with Gasteiger partial charge in [-0.1, -0.05) is 6.92 Å². The van der Waals surface area contributed by atoms with E-state index in [1.54, 1.807) is 11.3 Å². The van der Waals surface area contributed by atoms with Gasteiger partial charge in [0.1, 0.15) is 0 Å². The van der Waals surface area contributed by atoms with Gasteiger partial charge in [0, 0.05) is 23.4 Å². The molecule has 102 valence electrons. The lowest BCUT2D eigenvalue weighted by Crippen LogP contribution is -2.35. The SMILES string of the molecule is CCCNCC1(CCc2scnc2C)CCOC1. The summed E-state index contributed by atoms with van der Waals surface area (Å²) in [6.45, 7) is 8.38. The zero-order valence-corrected chi connectivity index (χ0v) is 12.3. The molecule has 0 spiro atoms. The lowest BCUT2D eigenvalue weighted by Gasteiger charge is -2.27. The van der Waals surface area contributed by atoms with E-state index in [0.29, 0.717) is 5.41 Å². The fraction of sp³-hybridized carbons (Fsp3) is 0.786. The van der Waals surface area contributed by atoms with Gasteiger partial charge in [-0.05, 0) is 39.2 Å². The van der Waals surface area contributed by atoms with Crippen molar-refractivity contribution in [1.29, 1.82) is 0 Å². The molecular formula is C14H24N2OS. The van der Waals surface area contributed by atoms with Crippen LogP contribution in [0.3, 0.4) is 0 Å². The van der Waals surface area contributed by atoms with E-state index in [1.807, 2.05) is 5.51 Å². The highest BCUT2D eigenvalue weighted by Crippen LogP contribution is 2.34. The van der Waals surface area contributed by atoms with Crippen LogP contribution in [0.1, 0.15) is 36.8 Å². The maximum atomic E-state index is 5.64. The molecule has 0 saturated carbocycles. The lowest BCUT2D eigenvalue weighted by atomic mass is 9.82. The monoisotopic (exact) mass is 268 g/mol. The minimum absolute atomic E-state index is 0.353. The molecule has 1 unspecified atom stereocenters. The van der Waals surface area contributed by atoms with Gasteiger partial charge < -0.3 is 10.1 Å². The van der Waals surface area contributed by atoms with Gasteiger partial charge in [-0.15, -0.1) is 11.3 Å². The summed E-state index contributed by atoms with van der Waals surface area (Å²) < 4.78 is 5.64. The fourth-order valence-electron chi connectivity index (χ4n) is 2.55. The molecule has 2 rings (SSSR count). The molecule has 1 aromatic rings. The van der Waals surface area contributed by atoms with Crippen molar-refractivity contribution in [2.45, 2.75) is 39.5 Å². The molecule has 0 aromatic carbocycles. The summed E-state index contributed by atoms with van der Waals surface area (Å²) in [7, 11) is 0. The van der Waals surface area contributed by atoms with Crippen molar-refractivity contribution in [2.75, 3.05) is 26.3 Å². The first-order valence-corrected chi connectivity index (χ1v) is 7.81. The largest absolute Gasteiger partial charge is 0.381 e. The van der Waals surface area contributed by atoms with Crippen LogP contribution in [-0.2, 0) is 11.2 Å². The van der Waals surface area contributed by atoms with Crippen LogP contribution in [0.25, 0.3) is 0 Å². The molecule has 1 aromatic heterocycles. The summed E-state index contributed by atoms with van der Waals surface area (Å²) in [5.41, 5.74) is 3.51. The predicted octanol–water partition coefficient (Wildman–Crippen LogP) is 2.79. The van der Waals surface area contributed by atoms with Gasteiger partial charge in [-0.2, -0.15) is 0 Å². The molecule has 1 aliphatic heterocycles. The van der Waals surface area contributed by atoms with Crippen LogP contribution in [-0.4, -0.2) is 31.3 Å². The summed E-state index contributed by atoms with van der Waals surface area (Å²) in [5, 5.41) is 3.57. The van der Waals surface area contributed by atoms with Gasteiger partial charge in [0.25, 0.3) is 0 Å². The van der Waals surface area contributed by atoms with Gasteiger partial charge in [0.15, 0.2) is 0 Å². The van der Waals surface area contributed by atoms with Crippen LogP contribution >= 0.6 is 11.3 Å². The molecule has 0 bridgehead atoms. The van der Waals surface area contributed by atoms with E-state index in [4.69, 9.17) is 4.74 Å². The van der Waals surface area contributed by atoms with Crippen LogP contribution in [0.5, 0.6) is 0 Å². The van der Waals surface area contributed by atoms with E-state index in [0.717, 1.165) is 32.7 Å². The van der Waals surface area contributed by atoms with E-state index in [1.165, 1.54) is 29.8 Å². The summed E-state index contributed by atoms with van der Waals surface area (Å²) in [6, 6.07) is 0. The molecular weight excluding hydrogens is 244 g/mol. The number of thiazole rings is 1. The highest BCUT2D eigenvalue weighted by atomic mass is 32.1. The first-order chi connectivity index (χ1) is 8.76. The molecule has 4 heteroatoms. The average Bonchev–Trinajstić information content (AvgIpc) is 2.97. The molecule has 18 heavy (non-hydrogen) atoms. The number of ether oxygens (including phenoxy) is 1. The zero-order valence-electron chi connectivity index (χ0n) is 11.5. The summed E-state index contributed by atoms with van der Waals surface area (Å²) in [4.78, 5) is 5.77. The van der Waals surface area contributed by atoms with Crippen LogP contribution in [0.4, 0.5) is 0 Å². The predicted molar refractivity (Wildman–Crippen MR) is 76.2 cm³/mol. The van der Waals surface area contributed by atoms with Gasteiger partial charge in [-0.25, -0.2) is 4.98 Å². The molecule has 1 aliphatic rings. The van der Waals surface area contributed by atoms with Crippen LogP contribution in [0.2, 0.25) is 0 Å². The van der Waals surface area contributed by atoms with Gasteiger partial charge in [-0.3, -0.25) is 0 Å². The Kier molecular flexibility index (Phi) is 5.15. The number of aryl methyl sites for hydroxylation is 2. The lowest BCUT2D eigenvalue weighted by molar-refractivity contribution is 0.144. The second-order valence-electron chi connectivity index (χ2n) is 5.34. The molecule has 1 atom stereocenters. The Morgan fingerprint density at radius 2 is 2.44 bits per heavy atom. The van der Waals surface area contributed by atoms with Crippen LogP contribution in [0, 0.1) is 12.3 Å². The number of nitrogens with one attached hydrogen (secondary N) is 1. The minimum Gasteiger partial charge on any atom is -0.381 e. The topological polar surface area (TPSA) is 34.2 Å². The highest BCUT2D eigenvalue weighted by molar-refractivity contribution is 7.09. The number of hydrogen-bond donors (Lipinski definition) is 1. The molecule has 1 saturated heterocycles. The molecule has 0 aliphatic carbocycles. The third kappa shape index (κ3) is 3.53. The van der Waals surface area contributed by atoms with Crippen molar-refractivity contribution in [3.63, 3.8) is 0 Å². The Labute approximate surface area is 114 Å². The van der Waals surface area contributed by atoms with Crippen molar-refractivity contribution < 1.29 is 4.74 Å². The van der Waals surface area contributed by atoms with Crippen molar-refractivity contribution >= 4 is 11.3 Å². The third-order valence-corrected chi connectivity index (χ3v) is 4.83. The van der Waals surface area contributed by atoms with Crippen molar-refractivity contribution in [2.24, 2.45) is 5.41 Å². The first kappa shape index (κ1) is 14.0. The maximum Gasteiger partial charge on any atom is 0.0797 e. The Hall–Kier alpha value is -0.450. The molecule has 0 radical (unpaired) electrons. The Morgan fingerprint density at radius 3 is 3.06 bits per heavy atom. The third-order valence-electron chi connectivity index (χ3n) is 3.84. The van der Waals surface area contributed by atoms with Crippen molar-refractivity contribution in [3.8, 4) is 0 Å². The molecule has 3 nitrogen and oxygen atoms in total. The Morgan fingerprint density at radius 1 is 1.56 bits per heavy atom. The maximum absolute atomic E-state index is 5.64. The zero-order chi connectivity index (χ0) is 12.8. The smallest absolute Gasteiger partial charge is 0.0797 e. The highest BCUT2D eigenvalue weighted by Gasteiger charge is 2.34. The van der Waals surface area contributed by atoms with E-state index in [9.17, 15) is 0 Å². The van der Waals surface area contributed by atoms with E-state index in [2.05, 4.69) is 24.1 Å². The summed E-state index contributed by atoms with van der Waals surface area (Å²) in [6.07, 6.45) is 4.76. The van der Waals surface area contributed by atoms with Gasteiger partial charge in [0.05, 0.1) is 17.8 Å². The van der Waals surface area contributed by atoms with E-state index in [-0.39, 0.29) is 0 Å². The van der Waals surface area contributed by atoms with Gasteiger partial charge in [0.2, 0.25) is 0 Å². The summed E-state index contributed by atoms with van der Waals surface area (Å²) in [5.74, 6) is 0. The average molecular weight is 268 g/mol. The standard InChI is InChI=1S/C14H24N2OS/c1-3-7-15-9-14(6-8-17-10-14)5-4-13-12(2)16-11-18-13/h11,15H,3-10H2,1-2H3. The second kappa shape index (κ2) is 6.64. The quantitative estimate of drug-likeness (QED) is 0.772. The Balaban J connectivity index is 1.88. The molecule has 1 fully saturated rings. The normalized spacial score (nSPS) is 23.7. The van der Waals surface area contributed by atoms with E-state index < -0.39 is 0 Å². The summed E-state index contributed by atoms with van der Waals surface area (Å²) >= 11 is 1.79. The number of aromatic nitrogens is 1. The molecule has 2 heterocycles. The minimum atomic E-state index is 0.353.